The number of nitrogens with one attached hydrogen (secondary N) is 2. The van der Waals surface area contributed by atoms with Gasteiger partial charge in [0.1, 0.15) is 11.9 Å². The average molecular weight is 611 g/mol. The number of nitrogens with zero attached hydrogens (tertiary/aromatic N) is 4. The minimum Gasteiger partial charge on any atom is -0.354 e. The van der Waals surface area contributed by atoms with Gasteiger partial charge in [-0.05, 0) is 87.6 Å². The highest BCUT2D eigenvalue weighted by Gasteiger charge is 2.43. The molecule has 1 aromatic rings. The lowest BCUT2D eigenvalue weighted by Crippen LogP contribution is -2.53. The first-order chi connectivity index (χ1) is 21.3. The number of fused-ring (bicyclic) bond motifs is 7. The summed E-state index contributed by atoms with van der Waals surface area (Å²) < 4.78 is 13.6. The van der Waals surface area contributed by atoms with E-state index in [2.05, 4.69) is 15.5 Å². The number of carbonyl (C=O) groups is 5. The lowest BCUT2D eigenvalue weighted by Gasteiger charge is -2.41. The number of rotatable bonds is 2. The third kappa shape index (κ3) is 6.45. The number of piperidine rings is 2. The Morgan fingerprint density at radius 1 is 0.864 bits per heavy atom. The molecule has 2 N–H and O–H groups in total. The molecule has 6 saturated heterocycles. The van der Waals surface area contributed by atoms with E-state index in [0.29, 0.717) is 45.6 Å². The maximum Gasteiger partial charge on any atom is 0.254 e. The molecule has 0 unspecified atom stereocenters. The van der Waals surface area contributed by atoms with Crippen molar-refractivity contribution in [3.8, 4) is 0 Å². The van der Waals surface area contributed by atoms with Gasteiger partial charge in [0.15, 0.2) is 0 Å². The molecule has 11 nitrogen and oxygen atoms in total. The molecule has 1 aromatic carbocycles. The Kier molecular flexibility index (Phi) is 9.16. The summed E-state index contributed by atoms with van der Waals surface area (Å²) in [6.07, 6.45) is 6.23. The SMILES string of the molecule is O=CN1CC[C@H]2CC(=O)N3CCC(CC3)N3CCC[C@H]3C(=O)N[C@@H]3C[C@H](C(=O)NCC[C@H]2C1)N(C(=O)c1ccc(F)cc1)C3. The molecule has 6 aliphatic rings. The second kappa shape index (κ2) is 13.2. The number of hydrogen-bond acceptors (Lipinski definition) is 6. The maximum atomic E-state index is 13.6. The first-order valence-electron chi connectivity index (χ1n) is 16.2. The third-order valence-corrected chi connectivity index (χ3v) is 10.5. The van der Waals surface area contributed by atoms with Crippen molar-refractivity contribution in [2.45, 2.75) is 75.5 Å². The van der Waals surface area contributed by atoms with E-state index in [1.54, 1.807) is 4.90 Å². The van der Waals surface area contributed by atoms with Gasteiger partial charge >= 0.3 is 0 Å². The predicted molar refractivity (Wildman–Crippen MR) is 159 cm³/mol. The van der Waals surface area contributed by atoms with Crippen molar-refractivity contribution in [2.75, 3.05) is 45.8 Å². The number of amides is 5. The van der Waals surface area contributed by atoms with Gasteiger partial charge in [0.2, 0.25) is 24.1 Å². The van der Waals surface area contributed by atoms with Crippen LogP contribution in [0.1, 0.15) is 61.7 Å². The van der Waals surface area contributed by atoms with Gasteiger partial charge in [-0.1, -0.05) is 0 Å². The zero-order valence-electron chi connectivity index (χ0n) is 25.2. The van der Waals surface area contributed by atoms with Crippen LogP contribution in [-0.2, 0) is 19.2 Å². The number of benzene rings is 1. The Labute approximate surface area is 257 Å². The second-order valence-corrected chi connectivity index (χ2v) is 13.1. The van der Waals surface area contributed by atoms with Crippen LogP contribution in [0.5, 0.6) is 0 Å². The Bertz CT molecular complexity index is 1250. The Balaban J connectivity index is 1.24. The molecule has 238 valence electrons. The topological polar surface area (TPSA) is 122 Å². The Morgan fingerprint density at radius 3 is 2.39 bits per heavy atom. The molecule has 7 rings (SSSR count). The van der Waals surface area contributed by atoms with E-state index in [-0.39, 0.29) is 66.1 Å². The average Bonchev–Trinajstić information content (AvgIpc) is 3.69. The lowest BCUT2D eigenvalue weighted by molar-refractivity contribution is -0.136. The highest BCUT2D eigenvalue weighted by atomic mass is 19.1. The molecule has 6 fully saturated rings. The zero-order valence-corrected chi connectivity index (χ0v) is 25.2. The first kappa shape index (κ1) is 30.5. The molecule has 0 radical (unpaired) electrons. The molecule has 5 amide bonds. The van der Waals surface area contributed by atoms with Crippen LogP contribution in [0.3, 0.4) is 0 Å². The highest BCUT2D eigenvalue weighted by molar-refractivity contribution is 5.98. The van der Waals surface area contributed by atoms with Crippen molar-refractivity contribution in [3.63, 3.8) is 0 Å². The van der Waals surface area contributed by atoms with Crippen molar-refractivity contribution < 1.29 is 28.4 Å². The minimum absolute atomic E-state index is 0.0655. The van der Waals surface area contributed by atoms with Gasteiger partial charge in [-0.3, -0.25) is 28.9 Å². The molecular weight excluding hydrogens is 567 g/mol. The summed E-state index contributed by atoms with van der Waals surface area (Å²) in [5.74, 6) is -0.901. The van der Waals surface area contributed by atoms with Gasteiger partial charge in [-0.15, -0.1) is 0 Å². The molecule has 0 saturated carbocycles. The second-order valence-electron chi connectivity index (χ2n) is 13.1. The van der Waals surface area contributed by atoms with Crippen LogP contribution in [0.4, 0.5) is 4.39 Å². The number of halogens is 1. The standard InChI is InChI=1S/C32H43FN6O5/c33-24-5-3-21(4-6-24)32(44)39-19-25-17-28(39)30(42)34-11-7-23-18-36(20-40)13-8-22(23)16-29(41)37-14-9-26(10-15-37)38-12-1-2-27(38)31(43)35-25/h3-6,20,22-23,25-28H,1-2,7-19H2,(H,34,42)(H,35,43)/t22-,23-,25+,27-,28+/m0/s1. The third-order valence-electron chi connectivity index (χ3n) is 10.5. The number of likely N-dealkylation sites (tertiary alicyclic amines) is 2. The maximum absolute atomic E-state index is 13.6. The summed E-state index contributed by atoms with van der Waals surface area (Å²) in [7, 11) is 0. The smallest absolute Gasteiger partial charge is 0.254 e. The summed E-state index contributed by atoms with van der Waals surface area (Å²) in [6, 6.07) is 4.03. The molecular formula is C32H43FN6O5. The van der Waals surface area contributed by atoms with Crippen molar-refractivity contribution in [1.82, 2.24) is 30.2 Å². The van der Waals surface area contributed by atoms with Gasteiger partial charge in [-0.2, -0.15) is 0 Å². The van der Waals surface area contributed by atoms with E-state index >= 15 is 0 Å². The summed E-state index contributed by atoms with van der Waals surface area (Å²) in [4.78, 5) is 73.2. The Hall–Kier alpha value is -3.54. The van der Waals surface area contributed by atoms with E-state index in [9.17, 15) is 28.4 Å². The van der Waals surface area contributed by atoms with E-state index in [0.717, 1.165) is 45.1 Å². The van der Waals surface area contributed by atoms with Crippen LogP contribution in [0.2, 0.25) is 0 Å². The lowest BCUT2D eigenvalue weighted by atomic mass is 9.80. The van der Waals surface area contributed by atoms with Crippen LogP contribution in [0.25, 0.3) is 0 Å². The zero-order chi connectivity index (χ0) is 30.8. The predicted octanol–water partition coefficient (Wildman–Crippen LogP) is 0.985. The number of hydrogen-bond donors (Lipinski definition) is 2. The van der Waals surface area contributed by atoms with Gasteiger partial charge in [-0.25, -0.2) is 4.39 Å². The first-order valence-corrected chi connectivity index (χ1v) is 16.2. The molecule has 6 aliphatic heterocycles. The summed E-state index contributed by atoms with van der Waals surface area (Å²) in [5, 5.41) is 6.16. The van der Waals surface area contributed by atoms with Crippen molar-refractivity contribution >= 4 is 30.0 Å². The van der Waals surface area contributed by atoms with Crippen LogP contribution in [0.15, 0.2) is 24.3 Å². The number of carbonyl (C=O) groups excluding carboxylic acids is 5. The quantitative estimate of drug-likeness (QED) is 0.482. The fourth-order valence-electron chi connectivity index (χ4n) is 8.08. The van der Waals surface area contributed by atoms with Crippen molar-refractivity contribution in [3.05, 3.63) is 35.6 Å². The largest absolute Gasteiger partial charge is 0.354 e. The van der Waals surface area contributed by atoms with Gasteiger partial charge in [0, 0.05) is 63.3 Å². The Morgan fingerprint density at radius 2 is 1.64 bits per heavy atom. The monoisotopic (exact) mass is 610 g/mol. The van der Waals surface area contributed by atoms with Crippen LogP contribution >= 0.6 is 0 Å². The van der Waals surface area contributed by atoms with Gasteiger partial charge in [0.25, 0.3) is 5.91 Å². The summed E-state index contributed by atoms with van der Waals surface area (Å²) >= 11 is 0. The minimum atomic E-state index is -0.793. The van der Waals surface area contributed by atoms with Crippen LogP contribution < -0.4 is 10.6 Å². The fourth-order valence-corrected chi connectivity index (χ4v) is 8.08. The molecule has 0 aromatic heterocycles. The van der Waals surface area contributed by atoms with Crippen LogP contribution in [-0.4, -0.2) is 120 Å². The molecule has 44 heavy (non-hydrogen) atoms. The molecule has 4 bridgehead atoms. The molecule has 0 spiro atoms. The fraction of sp³-hybridized carbons (Fsp3) is 0.656. The van der Waals surface area contributed by atoms with Gasteiger partial charge < -0.3 is 25.3 Å². The van der Waals surface area contributed by atoms with Crippen molar-refractivity contribution in [2.24, 2.45) is 11.8 Å². The van der Waals surface area contributed by atoms with E-state index < -0.39 is 17.9 Å². The molecule has 6 heterocycles. The summed E-state index contributed by atoms with van der Waals surface area (Å²) in [5.41, 5.74) is 0.280. The van der Waals surface area contributed by atoms with Crippen LogP contribution in [0, 0.1) is 17.7 Å². The van der Waals surface area contributed by atoms with Gasteiger partial charge in [0.05, 0.1) is 6.04 Å². The van der Waals surface area contributed by atoms with Crippen molar-refractivity contribution in [1.29, 1.82) is 0 Å². The normalized spacial score (nSPS) is 32.2. The molecule has 5 atom stereocenters. The molecule has 12 heteroatoms. The highest BCUT2D eigenvalue weighted by Crippen LogP contribution is 2.32. The summed E-state index contributed by atoms with van der Waals surface area (Å²) in [6.45, 7) is 3.87. The van der Waals surface area contributed by atoms with E-state index in [4.69, 9.17) is 0 Å². The van der Waals surface area contributed by atoms with E-state index in [1.807, 2.05) is 4.90 Å². The molecule has 0 aliphatic carbocycles. The van der Waals surface area contributed by atoms with E-state index in [1.165, 1.54) is 29.2 Å².